The second-order valence-corrected chi connectivity index (χ2v) is 6.12. The van der Waals surface area contributed by atoms with Gasteiger partial charge in [-0.3, -0.25) is 0 Å². The minimum Gasteiger partial charge on any atom is -0.330 e. The zero-order chi connectivity index (χ0) is 12.1. The first-order chi connectivity index (χ1) is 7.34. The number of rotatable bonds is 2. The van der Waals surface area contributed by atoms with E-state index in [0.29, 0.717) is 5.41 Å². The van der Waals surface area contributed by atoms with Crippen LogP contribution in [0.25, 0.3) is 0 Å². The van der Waals surface area contributed by atoms with Gasteiger partial charge in [0.05, 0.1) is 0 Å². The third-order valence-electron chi connectivity index (χ3n) is 4.42. The van der Waals surface area contributed by atoms with Crippen molar-refractivity contribution >= 4 is 0 Å². The highest BCUT2D eigenvalue weighted by Crippen LogP contribution is 2.64. The molecule has 0 bridgehead atoms. The second-order valence-electron chi connectivity index (χ2n) is 6.12. The molecular weight excluding hydrogens is 194 g/mol. The van der Waals surface area contributed by atoms with Crippen LogP contribution in [0.2, 0.25) is 0 Å². The summed E-state index contributed by atoms with van der Waals surface area (Å²) in [5, 5.41) is 0. The Hall–Kier alpha value is -0.820. The Balaban J connectivity index is 2.58. The molecule has 1 saturated carbocycles. The van der Waals surface area contributed by atoms with E-state index in [1.165, 1.54) is 28.7 Å². The molecule has 0 saturated heterocycles. The van der Waals surface area contributed by atoms with E-state index in [-0.39, 0.29) is 5.41 Å². The molecule has 1 aliphatic rings. The van der Waals surface area contributed by atoms with Crippen LogP contribution in [-0.2, 0) is 5.41 Å². The Kier molecular flexibility index (Phi) is 2.43. The van der Waals surface area contributed by atoms with E-state index < -0.39 is 0 Å². The lowest BCUT2D eigenvalue weighted by atomic mass is 9.82. The van der Waals surface area contributed by atoms with Crippen molar-refractivity contribution in [3.05, 3.63) is 34.4 Å². The van der Waals surface area contributed by atoms with Gasteiger partial charge in [-0.1, -0.05) is 31.5 Å². The smallest absolute Gasteiger partial charge is 0.0137 e. The van der Waals surface area contributed by atoms with Gasteiger partial charge in [-0.05, 0) is 49.3 Å². The highest BCUT2D eigenvalue weighted by Gasteiger charge is 2.61. The van der Waals surface area contributed by atoms with Crippen LogP contribution in [0.5, 0.6) is 0 Å². The fourth-order valence-electron chi connectivity index (χ4n) is 3.52. The van der Waals surface area contributed by atoms with Gasteiger partial charge in [0.2, 0.25) is 0 Å². The van der Waals surface area contributed by atoms with Crippen LogP contribution < -0.4 is 5.73 Å². The van der Waals surface area contributed by atoms with Crippen molar-refractivity contribution in [1.82, 2.24) is 0 Å². The molecule has 1 fully saturated rings. The van der Waals surface area contributed by atoms with Gasteiger partial charge in [-0.15, -0.1) is 0 Å². The van der Waals surface area contributed by atoms with E-state index in [0.717, 1.165) is 6.54 Å². The molecule has 1 unspecified atom stereocenters. The summed E-state index contributed by atoms with van der Waals surface area (Å²) < 4.78 is 0. The predicted molar refractivity (Wildman–Crippen MR) is 69.8 cm³/mol. The Labute approximate surface area is 99.0 Å². The zero-order valence-corrected chi connectivity index (χ0v) is 11.1. The fraction of sp³-hybridized carbons (Fsp3) is 0.600. The molecule has 0 aromatic heterocycles. The Bertz CT molecular complexity index is 408. The highest BCUT2D eigenvalue weighted by molar-refractivity contribution is 5.49. The lowest BCUT2D eigenvalue weighted by molar-refractivity contribution is 0.499. The monoisotopic (exact) mass is 217 g/mol. The predicted octanol–water partition coefficient (Wildman–Crippen LogP) is 3.24. The van der Waals surface area contributed by atoms with E-state index in [4.69, 9.17) is 5.73 Å². The van der Waals surface area contributed by atoms with E-state index >= 15 is 0 Å². The molecule has 1 aromatic carbocycles. The highest BCUT2D eigenvalue weighted by atomic mass is 14.7. The van der Waals surface area contributed by atoms with E-state index in [1.54, 1.807) is 0 Å². The summed E-state index contributed by atoms with van der Waals surface area (Å²) in [5.74, 6) is 0. The summed E-state index contributed by atoms with van der Waals surface area (Å²) in [4.78, 5) is 0. The topological polar surface area (TPSA) is 26.0 Å². The van der Waals surface area contributed by atoms with E-state index in [9.17, 15) is 0 Å². The summed E-state index contributed by atoms with van der Waals surface area (Å²) >= 11 is 0. The summed E-state index contributed by atoms with van der Waals surface area (Å²) in [6.07, 6.45) is 1.22. The van der Waals surface area contributed by atoms with Gasteiger partial charge < -0.3 is 5.73 Å². The quantitative estimate of drug-likeness (QED) is 0.808. The first kappa shape index (κ1) is 11.7. The minimum absolute atomic E-state index is 0.231. The van der Waals surface area contributed by atoms with Crippen LogP contribution in [0.15, 0.2) is 12.1 Å². The van der Waals surface area contributed by atoms with Crippen LogP contribution in [0, 0.1) is 26.2 Å². The molecule has 1 aliphatic carbocycles. The molecule has 0 amide bonds. The molecule has 0 radical (unpaired) electrons. The average molecular weight is 217 g/mol. The van der Waals surface area contributed by atoms with Crippen molar-refractivity contribution in [1.29, 1.82) is 0 Å². The maximum absolute atomic E-state index is 6.05. The molecule has 1 atom stereocenters. The van der Waals surface area contributed by atoms with Crippen molar-refractivity contribution < 1.29 is 0 Å². The molecule has 0 spiro atoms. The number of hydrogen-bond donors (Lipinski definition) is 1. The van der Waals surface area contributed by atoms with Gasteiger partial charge in [0.1, 0.15) is 0 Å². The summed E-state index contributed by atoms with van der Waals surface area (Å²) in [6, 6.07) is 4.57. The number of hydrogen-bond acceptors (Lipinski definition) is 1. The summed E-state index contributed by atoms with van der Waals surface area (Å²) in [6.45, 7) is 12.0. The molecule has 2 rings (SSSR count). The van der Waals surface area contributed by atoms with Crippen molar-refractivity contribution in [3.63, 3.8) is 0 Å². The number of benzene rings is 1. The molecule has 1 nitrogen and oxygen atoms in total. The van der Waals surface area contributed by atoms with Crippen LogP contribution in [0.3, 0.4) is 0 Å². The molecule has 1 aromatic rings. The first-order valence-corrected chi connectivity index (χ1v) is 6.12. The third-order valence-corrected chi connectivity index (χ3v) is 4.42. The molecule has 88 valence electrons. The van der Waals surface area contributed by atoms with Crippen molar-refractivity contribution in [2.75, 3.05) is 6.54 Å². The maximum atomic E-state index is 6.05. The lowest BCUT2D eigenvalue weighted by Crippen LogP contribution is -2.27. The molecule has 1 heteroatoms. The van der Waals surface area contributed by atoms with Crippen LogP contribution in [0.1, 0.15) is 42.5 Å². The lowest BCUT2D eigenvalue weighted by Gasteiger charge is -2.24. The van der Waals surface area contributed by atoms with Crippen LogP contribution >= 0.6 is 0 Å². The van der Waals surface area contributed by atoms with E-state index in [2.05, 4.69) is 46.8 Å². The molecule has 2 N–H and O–H groups in total. The standard InChI is InChI=1S/C15H23N/c1-10-6-11(2)13(12(3)7-10)15(9-16)8-14(15,4)5/h6-7H,8-9,16H2,1-5H3. The Morgan fingerprint density at radius 1 is 1.12 bits per heavy atom. The van der Waals surface area contributed by atoms with Gasteiger partial charge in [-0.25, -0.2) is 0 Å². The summed E-state index contributed by atoms with van der Waals surface area (Å²) in [5.41, 5.74) is 12.3. The van der Waals surface area contributed by atoms with Gasteiger partial charge >= 0.3 is 0 Å². The fourth-order valence-corrected chi connectivity index (χ4v) is 3.52. The number of nitrogens with two attached hydrogens (primary N) is 1. The SMILES string of the molecule is Cc1cc(C)c(C2(CN)CC2(C)C)c(C)c1. The average Bonchev–Trinajstić information content (AvgIpc) is 2.67. The third kappa shape index (κ3) is 1.41. The number of aryl methyl sites for hydroxylation is 3. The summed E-state index contributed by atoms with van der Waals surface area (Å²) in [7, 11) is 0. The normalized spacial score (nSPS) is 26.9. The largest absolute Gasteiger partial charge is 0.330 e. The minimum atomic E-state index is 0.231. The van der Waals surface area contributed by atoms with Crippen LogP contribution in [0.4, 0.5) is 0 Å². The van der Waals surface area contributed by atoms with Crippen molar-refractivity contribution in [3.8, 4) is 0 Å². The van der Waals surface area contributed by atoms with Gasteiger partial charge in [0, 0.05) is 12.0 Å². The van der Waals surface area contributed by atoms with Crippen molar-refractivity contribution in [2.45, 2.75) is 46.5 Å². The molecule has 0 aliphatic heterocycles. The Morgan fingerprint density at radius 2 is 1.56 bits per heavy atom. The van der Waals surface area contributed by atoms with Crippen molar-refractivity contribution in [2.24, 2.45) is 11.1 Å². The molecule has 0 heterocycles. The zero-order valence-electron chi connectivity index (χ0n) is 11.1. The van der Waals surface area contributed by atoms with Gasteiger partial charge in [-0.2, -0.15) is 0 Å². The molecule has 16 heavy (non-hydrogen) atoms. The first-order valence-electron chi connectivity index (χ1n) is 6.12. The maximum Gasteiger partial charge on any atom is 0.0137 e. The molecular formula is C15H23N. The van der Waals surface area contributed by atoms with Crippen LogP contribution in [-0.4, -0.2) is 6.54 Å². The van der Waals surface area contributed by atoms with Gasteiger partial charge in [0.25, 0.3) is 0 Å². The van der Waals surface area contributed by atoms with Gasteiger partial charge in [0.15, 0.2) is 0 Å². The van der Waals surface area contributed by atoms with E-state index in [1.807, 2.05) is 0 Å². The Morgan fingerprint density at radius 3 is 1.88 bits per heavy atom. The second kappa shape index (κ2) is 3.33.